The molecule has 0 aliphatic heterocycles. The lowest BCUT2D eigenvalue weighted by Gasteiger charge is -2.20. The van der Waals surface area contributed by atoms with Crippen molar-refractivity contribution in [2.24, 2.45) is 0 Å². The van der Waals surface area contributed by atoms with E-state index in [0.29, 0.717) is 6.26 Å². The van der Waals surface area contributed by atoms with Gasteiger partial charge in [0, 0.05) is 0 Å². The van der Waals surface area contributed by atoms with Crippen molar-refractivity contribution in [1.82, 2.24) is 4.72 Å². The highest BCUT2D eigenvalue weighted by molar-refractivity contribution is 7.89. The number of sulfonamides is 1. The van der Waals surface area contributed by atoms with Gasteiger partial charge in [0.25, 0.3) is 0 Å². The van der Waals surface area contributed by atoms with E-state index in [2.05, 4.69) is 0 Å². The fraction of sp³-hybridized carbons (Fsp3) is 0.273. The molecule has 0 unspecified atom stereocenters. The summed E-state index contributed by atoms with van der Waals surface area (Å²) in [6, 6.07) is 5.60. The molecular weight excluding hydrogens is 324 g/mol. The Bertz CT molecular complexity index is 615. The third-order valence-electron chi connectivity index (χ3n) is 2.17. The minimum Gasteiger partial charge on any atom is -0.283 e. The Morgan fingerprint density at radius 3 is 1.71 bits per heavy atom. The van der Waals surface area contributed by atoms with Crippen molar-refractivity contribution in [3.05, 3.63) is 41.5 Å². The first-order valence-electron chi connectivity index (χ1n) is 5.24. The molecule has 1 aromatic rings. The Balaban J connectivity index is 3.70. The van der Waals surface area contributed by atoms with E-state index >= 15 is 0 Å². The minimum absolute atomic E-state index is 0.459. The van der Waals surface area contributed by atoms with Crippen LogP contribution in [0, 0.1) is 0 Å². The topological polar surface area (TPSA) is 46.2 Å². The highest BCUT2D eigenvalue weighted by atomic mass is 32.2. The summed E-state index contributed by atoms with van der Waals surface area (Å²) in [5.74, 6) is 0. The molecule has 0 amide bonds. The molecule has 0 bridgehead atoms. The predicted octanol–water partition coefficient (Wildman–Crippen LogP) is 3.07. The maximum Gasteiger partial charge on any atom is 0.423 e. The SMILES string of the molecule is CS(=O)(=O)NC(=C(C(F)(F)F)C(F)(F)F)c1ccccc1. The predicted molar refractivity (Wildman–Crippen MR) is 63.5 cm³/mol. The molecule has 0 saturated carbocycles. The molecule has 0 aliphatic carbocycles. The zero-order valence-corrected chi connectivity index (χ0v) is 11.2. The van der Waals surface area contributed by atoms with Crippen LogP contribution in [0.4, 0.5) is 26.3 Å². The molecule has 118 valence electrons. The van der Waals surface area contributed by atoms with Crippen LogP contribution in [0.2, 0.25) is 0 Å². The number of benzene rings is 1. The van der Waals surface area contributed by atoms with E-state index in [9.17, 15) is 34.8 Å². The van der Waals surface area contributed by atoms with Crippen LogP contribution in [0.5, 0.6) is 0 Å². The van der Waals surface area contributed by atoms with Gasteiger partial charge >= 0.3 is 12.4 Å². The second kappa shape index (κ2) is 5.58. The lowest BCUT2D eigenvalue weighted by atomic mass is 10.1. The monoisotopic (exact) mass is 333 g/mol. The molecule has 0 heterocycles. The lowest BCUT2D eigenvalue weighted by Crippen LogP contribution is -2.33. The van der Waals surface area contributed by atoms with Gasteiger partial charge in [-0.2, -0.15) is 26.3 Å². The van der Waals surface area contributed by atoms with Crippen LogP contribution in [0.1, 0.15) is 5.56 Å². The van der Waals surface area contributed by atoms with Gasteiger partial charge in [-0.1, -0.05) is 30.3 Å². The van der Waals surface area contributed by atoms with Crippen LogP contribution in [0.3, 0.4) is 0 Å². The van der Waals surface area contributed by atoms with Crippen LogP contribution < -0.4 is 4.72 Å². The number of rotatable bonds is 3. The van der Waals surface area contributed by atoms with E-state index in [-0.39, 0.29) is 0 Å². The van der Waals surface area contributed by atoms with Gasteiger partial charge in [0.05, 0.1) is 12.0 Å². The number of allylic oxidation sites excluding steroid dienone is 1. The lowest BCUT2D eigenvalue weighted by molar-refractivity contribution is -0.171. The summed E-state index contributed by atoms with van der Waals surface area (Å²) >= 11 is 0. The molecule has 0 radical (unpaired) electrons. The van der Waals surface area contributed by atoms with Crippen LogP contribution in [-0.2, 0) is 10.0 Å². The summed E-state index contributed by atoms with van der Waals surface area (Å²) in [6.07, 6.45) is -11.1. The van der Waals surface area contributed by atoms with Gasteiger partial charge in [-0.15, -0.1) is 0 Å². The molecule has 1 rings (SSSR count). The van der Waals surface area contributed by atoms with Crippen molar-refractivity contribution in [2.45, 2.75) is 12.4 Å². The first-order chi connectivity index (χ1) is 9.32. The van der Waals surface area contributed by atoms with E-state index in [1.807, 2.05) is 0 Å². The molecule has 21 heavy (non-hydrogen) atoms. The molecule has 10 heteroatoms. The van der Waals surface area contributed by atoms with Crippen molar-refractivity contribution in [3.63, 3.8) is 0 Å². The third-order valence-corrected chi connectivity index (χ3v) is 2.74. The van der Waals surface area contributed by atoms with Gasteiger partial charge in [-0.3, -0.25) is 4.72 Å². The Kier molecular flexibility index (Phi) is 4.61. The first kappa shape index (κ1) is 17.3. The molecule has 3 nitrogen and oxygen atoms in total. The van der Waals surface area contributed by atoms with E-state index in [0.717, 1.165) is 12.1 Å². The van der Waals surface area contributed by atoms with Gasteiger partial charge in [-0.25, -0.2) is 8.42 Å². The average molecular weight is 333 g/mol. The molecule has 0 fully saturated rings. The zero-order valence-electron chi connectivity index (χ0n) is 10.4. The van der Waals surface area contributed by atoms with E-state index < -0.39 is 39.2 Å². The number of hydrogen-bond acceptors (Lipinski definition) is 2. The van der Waals surface area contributed by atoms with Crippen LogP contribution in [0.25, 0.3) is 5.70 Å². The average Bonchev–Trinajstić information content (AvgIpc) is 2.23. The smallest absolute Gasteiger partial charge is 0.283 e. The number of hydrogen-bond donors (Lipinski definition) is 1. The van der Waals surface area contributed by atoms with Crippen LogP contribution in [-0.4, -0.2) is 27.0 Å². The molecule has 0 saturated heterocycles. The van der Waals surface area contributed by atoms with Crippen molar-refractivity contribution in [2.75, 3.05) is 6.26 Å². The first-order valence-corrected chi connectivity index (χ1v) is 7.13. The standard InChI is InChI=1S/C11H9F6NO2S/c1-21(19,20)18-8(7-5-3-2-4-6-7)9(10(12,13)14)11(15,16)17/h2-6,18H,1H3. The second-order valence-corrected chi connectivity index (χ2v) is 5.73. The van der Waals surface area contributed by atoms with Crippen LogP contribution in [0.15, 0.2) is 35.9 Å². The Hall–Kier alpha value is -1.71. The quantitative estimate of drug-likeness (QED) is 0.864. The summed E-state index contributed by atoms with van der Waals surface area (Å²) in [7, 11) is -4.34. The Morgan fingerprint density at radius 2 is 1.38 bits per heavy atom. The summed E-state index contributed by atoms with van der Waals surface area (Å²) in [5.41, 5.74) is -5.02. The number of nitrogens with one attached hydrogen (secondary N) is 1. The second-order valence-electron chi connectivity index (χ2n) is 3.99. The number of halogens is 6. The highest BCUT2D eigenvalue weighted by Gasteiger charge is 2.53. The summed E-state index contributed by atoms with van der Waals surface area (Å²) in [6.45, 7) is 0. The Labute approximate surface area is 116 Å². The minimum atomic E-state index is -5.78. The van der Waals surface area contributed by atoms with Crippen molar-refractivity contribution >= 4 is 15.7 Å². The Morgan fingerprint density at radius 1 is 0.952 bits per heavy atom. The van der Waals surface area contributed by atoms with Gasteiger partial charge in [0.1, 0.15) is 0 Å². The van der Waals surface area contributed by atoms with Crippen LogP contribution >= 0.6 is 0 Å². The fourth-order valence-corrected chi connectivity index (χ4v) is 2.08. The van der Waals surface area contributed by atoms with Gasteiger partial charge in [0.15, 0.2) is 5.57 Å². The zero-order chi connectivity index (χ0) is 16.5. The normalized spacial score (nSPS) is 12.9. The number of alkyl halides is 6. The van der Waals surface area contributed by atoms with Crippen molar-refractivity contribution in [3.8, 4) is 0 Å². The largest absolute Gasteiger partial charge is 0.423 e. The molecule has 0 atom stereocenters. The summed E-state index contributed by atoms with van der Waals surface area (Å²) in [4.78, 5) is 0. The summed E-state index contributed by atoms with van der Waals surface area (Å²) in [5, 5.41) is 0. The van der Waals surface area contributed by atoms with Crippen molar-refractivity contribution in [1.29, 1.82) is 0 Å². The highest BCUT2D eigenvalue weighted by Crippen LogP contribution is 2.42. The van der Waals surface area contributed by atoms with Crippen molar-refractivity contribution < 1.29 is 34.8 Å². The third kappa shape index (κ3) is 4.96. The van der Waals surface area contributed by atoms with E-state index in [1.54, 1.807) is 0 Å². The molecule has 1 N–H and O–H groups in total. The molecule has 0 aromatic heterocycles. The van der Waals surface area contributed by atoms with E-state index in [4.69, 9.17) is 0 Å². The maximum absolute atomic E-state index is 12.7. The van der Waals surface area contributed by atoms with Gasteiger partial charge < -0.3 is 0 Å². The van der Waals surface area contributed by atoms with Gasteiger partial charge in [-0.05, 0) is 5.56 Å². The fourth-order valence-electron chi connectivity index (χ4n) is 1.49. The molecule has 0 spiro atoms. The van der Waals surface area contributed by atoms with E-state index in [1.165, 1.54) is 22.9 Å². The molecule has 0 aliphatic rings. The summed E-state index contributed by atoms with van der Waals surface area (Å²) < 4.78 is 99.8. The molecule has 1 aromatic carbocycles. The van der Waals surface area contributed by atoms with Gasteiger partial charge in [0.2, 0.25) is 10.0 Å². The maximum atomic E-state index is 12.7. The molecular formula is C11H9F6NO2S.